The van der Waals surface area contributed by atoms with Crippen LogP contribution in [0.15, 0.2) is 28.8 Å². The summed E-state index contributed by atoms with van der Waals surface area (Å²) in [6.45, 7) is -0.0847. The van der Waals surface area contributed by atoms with Gasteiger partial charge in [-0.1, -0.05) is 29.4 Å². The summed E-state index contributed by atoms with van der Waals surface area (Å²) in [5.41, 5.74) is 5.69. The third-order valence-electron chi connectivity index (χ3n) is 2.86. The van der Waals surface area contributed by atoms with Crippen molar-refractivity contribution >= 4 is 11.8 Å². The van der Waals surface area contributed by atoms with E-state index in [0.29, 0.717) is 5.56 Å². The number of aromatic nitrogens is 2. The van der Waals surface area contributed by atoms with Crippen molar-refractivity contribution in [2.75, 3.05) is 7.11 Å². The Morgan fingerprint density at radius 2 is 1.92 bits per heavy atom. The lowest BCUT2D eigenvalue weighted by Gasteiger charge is -2.17. The van der Waals surface area contributed by atoms with Gasteiger partial charge in [0.05, 0.1) is 13.7 Å². The molecule has 1 heterocycles. The van der Waals surface area contributed by atoms with E-state index in [1.165, 1.54) is 31.4 Å². The van der Waals surface area contributed by atoms with Crippen molar-refractivity contribution in [3.63, 3.8) is 0 Å². The summed E-state index contributed by atoms with van der Waals surface area (Å²) in [5.74, 6) is -3.89. The molecule has 2 aromatic rings. The molecular formula is C13H11F3N4O4. The third kappa shape index (κ3) is 3.87. The first-order chi connectivity index (χ1) is 11.2. The Balaban J connectivity index is 2.14. The van der Waals surface area contributed by atoms with Crippen molar-refractivity contribution in [2.45, 2.75) is 12.7 Å². The highest BCUT2D eigenvalue weighted by atomic mass is 19.4. The van der Waals surface area contributed by atoms with Gasteiger partial charge >= 0.3 is 23.9 Å². The Hall–Kier alpha value is -2.95. The molecule has 0 saturated carbocycles. The van der Waals surface area contributed by atoms with Crippen molar-refractivity contribution in [1.29, 1.82) is 0 Å². The highest BCUT2D eigenvalue weighted by molar-refractivity contribution is 6.34. The summed E-state index contributed by atoms with van der Waals surface area (Å²) in [6.07, 6.45) is -4.72. The Kier molecular flexibility index (Phi) is 4.83. The zero-order valence-electron chi connectivity index (χ0n) is 12.2. The highest BCUT2D eigenvalue weighted by Crippen LogP contribution is 2.29. The smallest absolute Gasteiger partial charge is 0.361 e. The lowest BCUT2D eigenvalue weighted by Crippen LogP contribution is -2.39. The minimum atomic E-state index is -4.72. The molecule has 0 bridgehead atoms. The van der Waals surface area contributed by atoms with Gasteiger partial charge in [0.25, 0.3) is 0 Å². The van der Waals surface area contributed by atoms with E-state index in [-0.39, 0.29) is 17.9 Å². The molecule has 0 radical (unpaired) electrons. The van der Waals surface area contributed by atoms with E-state index < -0.39 is 23.9 Å². The number of carbonyl (C=O) groups excluding carboxylic acids is 2. The van der Waals surface area contributed by atoms with E-state index in [0.717, 1.165) is 5.06 Å². The van der Waals surface area contributed by atoms with E-state index in [2.05, 4.69) is 14.7 Å². The molecule has 0 aliphatic carbocycles. The number of nitrogens with two attached hydrogens (primary N) is 1. The summed E-state index contributed by atoms with van der Waals surface area (Å²) in [4.78, 5) is 30.3. The molecule has 1 aromatic heterocycles. The quantitative estimate of drug-likeness (QED) is 0.657. The summed E-state index contributed by atoms with van der Waals surface area (Å²) >= 11 is 0. The van der Waals surface area contributed by atoms with Crippen LogP contribution in [0, 0.1) is 0 Å². The lowest BCUT2D eigenvalue weighted by atomic mass is 10.1. The Morgan fingerprint density at radius 1 is 1.29 bits per heavy atom. The fraction of sp³-hybridized carbons (Fsp3) is 0.231. The number of carbonyl (C=O) groups is 2. The van der Waals surface area contributed by atoms with Gasteiger partial charge in [-0.2, -0.15) is 18.2 Å². The zero-order chi connectivity index (χ0) is 17.9. The summed E-state index contributed by atoms with van der Waals surface area (Å²) in [5, 5.41) is 4.00. The van der Waals surface area contributed by atoms with E-state index in [9.17, 15) is 22.8 Å². The number of rotatable bonds is 4. The molecule has 8 nitrogen and oxygen atoms in total. The maximum atomic E-state index is 12.4. The molecule has 0 fully saturated rings. The lowest BCUT2D eigenvalue weighted by molar-refractivity contribution is -0.181. The maximum Gasteiger partial charge on any atom is 0.471 e. The molecule has 0 unspecified atom stereocenters. The van der Waals surface area contributed by atoms with Crippen molar-refractivity contribution in [3.05, 3.63) is 35.7 Å². The fourth-order valence-electron chi connectivity index (χ4n) is 1.72. The van der Waals surface area contributed by atoms with Gasteiger partial charge in [0, 0.05) is 5.56 Å². The number of primary amides is 1. The van der Waals surface area contributed by atoms with Gasteiger partial charge in [0.15, 0.2) is 0 Å². The predicted octanol–water partition coefficient (Wildman–Crippen LogP) is 1.13. The normalized spacial score (nSPS) is 11.3. The minimum Gasteiger partial charge on any atom is -0.361 e. The van der Waals surface area contributed by atoms with E-state index >= 15 is 0 Å². The number of halogens is 3. The molecule has 1 aromatic carbocycles. The Labute approximate surface area is 132 Å². The van der Waals surface area contributed by atoms with Crippen molar-refractivity contribution < 1.29 is 32.1 Å². The first kappa shape index (κ1) is 17.4. The average molecular weight is 344 g/mol. The molecule has 0 spiro atoms. The number of hydroxylamine groups is 2. The van der Waals surface area contributed by atoms with Crippen LogP contribution in [0.5, 0.6) is 0 Å². The molecular weight excluding hydrogens is 333 g/mol. The van der Waals surface area contributed by atoms with Gasteiger partial charge in [0.1, 0.15) is 0 Å². The summed E-state index contributed by atoms with van der Waals surface area (Å²) in [7, 11) is 1.19. The predicted molar refractivity (Wildman–Crippen MR) is 71.5 cm³/mol. The summed E-state index contributed by atoms with van der Waals surface area (Å²) < 4.78 is 41.4. The van der Waals surface area contributed by atoms with Gasteiger partial charge in [-0.25, -0.2) is 5.06 Å². The van der Waals surface area contributed by atoms with Crippen LogP contribution in [0.2, 0.25) is 0 Å². The average Bonchev–Trinajstić information content (AvgIpc) is 3.02. The van der Waals surface area contributed by atoms with Crippen LogP contribution >= 0.6 is 0 Å². The second-order valence-electron chi connectivity index (χ2n) is 4.51. The van der Waals surface area contributed by atoms with Crippen molar-refractivity contribution in [2.24, 2.45) is 5.73 Å². The minimum absolute atomic E-state index is 0.0847. The van der Waals surface area contributed by atoms with Gasteiger partial charge in [0.2, 0.25) is 5.82 Å². The number of amides is 2. The third-order valence-corrected chi connectivity index (χ3v) is 2.86. The number of hydrogen-bond donors (Lipinski definition) is 1. The topological polar surface area (TPSA) is 112 Å². The van der Waals surface area contributed by atoms with Crippen LogP contribution in [0.25, 0.3) is 11.4 Å². The van der Waals surface area contributed by atoms with Gasteiger partial charge < -0.3 is 10.3 Å². The molecule has 24 heavy (non-hydrogen) atoms. The molecule has 0 aliphatic heterocycles. The van der Waals surface area contributed by atoms with Crippen LogP contribution in [-0.2, 0) is 27.1 Å². The maximum absolute atomic E-state index is 12.4. The molecule has 128 valence electrons. The van der Waals surface area contributed by atoms with Crippen LogP contribution in [0.1, 0.15) is 11.5 Å². The Bertz CT molecular complexity index is 742. The highest BCUT2D eigenvalue weighted by Gasteiger charge is 2.38. The molecule has 2 rings (SSSR count). The fourth-order valence-corrected chi connectivity index (χ4v) is 1.72. The number of benzene rings is 1. The first-order valence-corrected chi connectivity index (χ1v) is 6.38. The second-order valence-corrected chi connectivity index (χ2v) is 4.51. The van der Waals surface area contributed by atoms with Gasteiger partial charge in [-0.05, 0) is 5.56 Å². The molecule has 11 heteroatoms. The standard InChI is InChI=1S/C13H11F3N4O4/c1-23-20(11(22)9(17)21)6-7-2-4-8(5-3-7)10-18-12(24-19-10)13(14,15)16/h2-5H,6H2,1H3,(H2,17,21). The van der Waals surface area contributed by atoms with Crippen LogP contribution in [0.3, 0.4) is 0 Å². The van der Waals surface area contributed by atoms with Gasteiger partial charge in [-0.15, -0.1) is 0 Å². The van der Waals surface area contributed by atoms with Crippen LogP contribution in [0.4, 0.5) is 13.2 Å². The van der Waals surface area contributed by atoms with Crippen molar-refractivity contribution in [3.8, 4) is 11.4 Å². The largest absolute Gasteiger partial charge is 0.471 e. The number of alkyl halides is 3. The molecule has 0 atom stereocenters. The van der Waals surface area contributed by atoms with Crippen LogP contribution in [-0.4, -0.2) is 34.1 Å². The second kappa shape index (κ2) is 6.66. The van der Waals surface area contributed by atoms with E-state index in [1.807, 2.05) is 0 Å². The number of nitrogens with zero attached hydrogens (tertiary/aromatic N) is 3. The SMILES string of the molecule is CON(Cc1ccc(-c2noc(C(F)(F)F)n2)cc1)C(=O)C(N)=O. The van der Waals surface area contributed by atoms with Gasteiger partial charge in [-0.3, -0.25) is 14.4 Å². The van der Waals surface area contributed by atoms with E-state index in [4.69, 9.17) is 10.6 Å². The Morgan fingerprint density at radius 3 is 2.38 bits per heavy atom. The molecule has 0 saturated heterocycles. The molecule has 2 amide bonds. The number of hydrogen-bond acceptors (Lipinski definition) is 6. The van der Waals surface area contributed by atoms with Crippen LogP contribution < -0.4 is 5.73 Å². The molecule has 2 N–H and O–H groups in total. The first-order valence-electron chi connectivity index (χ1n) is 6.38. The molecule has 0 aliphatic rings. The van der Waals surface area contributed by atoms with Crippen molar-refractivity contribution in [1.82, 2.24) is 15.2 Å². The van der Waals surface area contributed by atoms with E-state index in [1.54, 1.807) is 0 Å². The summed E-state index contributed by atoms with van der Waals surface area (Å²) in [6, 6.07) is 5.87. The zero-order valence-corrected chi connectivity index (χ0v) is 12.2. The monoisotopic (exact) mass is 344 g/mol.